The van der Waals surface area contributed by atoms with Gasteiger partial charge in [-0.2, -0.15) is 0 Å². The maximum Gasteiger partial charge on any atom is 0.437 e. The largest absolute Gasteiger partial charge is 0.437 e. The predicted octanol–water partition coefficient (Wildman–Crippen LogP) is 1.67. The van der Waals surface area contributed by atoms with Crippen LogP contribution in [0, 0.1) is 0 Å². The van der Waals surface area contributed by atoms with Crippen molar-refractivity contribution in [3.8, 4) is 0 Å². The molecule has 2 saturated heterocycles. The van der Waals surface area contributed by atoms with E-state index in [-0.39, 0.29) is 0 Å². The van der Waals surface area contributed by atoms with Gasteiger partial charge in [0.25, 0.3) is 0 Å². The molecule has 0 aliphatic carbocycles. The topological polar surface area (TPSA) is 83.1 Å². The van der Waals surface area contributed by atoms with Gasteiger partial charge in [0.15, 0.2) is 0 Å². The van der Waals surface area contributed by atoms with Crippen LogP contribution in [0.15, 0.2) is 0 Å². The zero-order valence-electron chi connectivity index (χ0n) is 11.0. The third-order valence-corrected chi connectivity index (χ3v) is 4.18. The summed E-state index contributed by atoms with van der Waals surface area (Å²) in [6, 6.07) is 0. The van der Waals surface area contributed by atoms with Crippen LogP contribution in [0.4, 0.5) is 9.59 Å². The predicted molar refractivity (Wildman–Crippen MR) is 76.0 cm³/mol. The second-order valence-corrected chi connectivity index (χ2v) is 6.14. The van der Waals surface area contributed by atoms with Crippen molar-refractivity contribution in [2.75, 3.05) is 26.2 Å². The van der Waals surface area contributed by atoms with Gasteiger partial charge in [0.2, 0.25) is 0 Å². The van der Waals surface area contributed by atoms with Gasteiger partial charge in [-0.25, -0.2) is 9.59 Å². The van der Waals surface area contributed by atoms with Crippen LogP contribution >= 0.6 is 22.0 Å². The summed E-state index contributed by atoms with van der Waals surface area (Å²) >= 11 is 0. The maximum atomic E-state index is 11.4. The third-order valence-electron chi connectivity index (χ3n) is 2.85. The van der Waals surface area contributed by atoms with E-state index in [9.17, 15) is 9.59 Å². The first kappa shape index (κ1) is 15.5. The fourth-order valence-corrected chi connectivity index (χ4v) is 2.89. The number of hydrogen-bond acceptors (Lipinski definition) is 8. The lowest BCUT2D eigenvalue weighted by atomic mass is 10.4. The molecular formula is C10H18N4O4S2. The normalized spacial score (nSPS) is 19.8. The molecule has 20 heavy (non-hydrogen) atoms. The lowest BCUT2D eigenvalue weighted by molar-refractivity contribution is -0.0782. The SMILES string of the molecule is O=C(NSSNC(=O)ON1CCCC1)ON1CCCC1. The lowest BCUT2D eigenvalue weighted by Gasteiger charge is -2.15. The second kappa shape index (κ2) is 8.45. The molecule has 2 fully saturated rings. The van der Waals surface area contributed by atoms with Crippen molar-refractivity contribution in [1.82, 2.24) is 19.6 Å². The molecule has 2 N–H and O–H groups in total. The van der Waals surface area contributed by atoms with E-state index in [4.69, 9.17) is 9.68 Å². The molecule has 0 aromatic carbocycles. The van der Waals surface area contributed by atoms with Crippen LogP contribution in [0.2, 0.25) is 0 Å². The highest BCUT2D eigenvalue weighted by atomic mass is 33.1. The summed E-state index contributed by atoms with van der Waals surface area (Å²) in [6.45, 7) is 3.08. The van der Waals surface area contributed by atoms with Crippen molar-refractivity contribution in [2.24, 2.45) is 0 Å². The van der Waals surface area contributed by atoms with Gasteiger partial charge in [0.05, 0.1) is 0 Å². The summed E-state index contributed by atoms with van der Waals surface area (Å²) in [4.78, 5) is 32.8. The van der Waals surface area contributed by atoms with Crippen molar-refractivity contribution in [1.29, 1.82) is 0 Å². The molecule has 8 nitrogen and oxygen atoms in total. The lowest BCUT2D eigenvalue weighted by Crippen LogP contribution is -2.30. The molecule has 0 bridgehead atoms. The molecule has 0 aromatic heterocycles. The van der Waals surface area contributed by atoms with E-state index in [1.54, 1.807) is 10.1 Å². The molecule has 0 atom stereocenters. The number of nitrogens with one attached hydrogen (secondary N) is 2. The van der Waals surface area contributed by atoms with Crippen LogP contribution in [0.1, 0.15) is 25.7 Å². The molecule has 2 amide bonds. The molecule has 2 heterocycles. The monoisotopic (exact) mass is 322 g/mol. The smallest absolute Gasteiger partial charge is 0.350 e. The summed E-state index contributed by atoms with van der Waals surface area (Å²) < 4.78 is 4.90. The number of carbonyl (C=O) groups is 2. The molecule has 2 aliphatic heterocycles. The van der Waals surface area contributed by atoms with Crippen molar-refractivity contribution < 1.29 is 19.3 Å². The average molecular weight is 322 g/mol. The highest BCUT2D eigenvalue weighted by Crippen LogP contribution is 2.15. The Morgan fingerprint density at radius 1 is 0.750 bits per heavy atom. The summed E-state index contributed by atoms with van der Waals surface area (Å²) in [5.41, 5.74) is 0. The molecule has 0 aromatic rings. The van der Waals surface area contributed by atoms with E-state index < -0.39 is 12.2 Å². The molecular weight excluding hydrogens is 304 g/mol. The van der Waals surface area contributed by atoms with E-state index >= 15 is 0 Å². The van der Waals surface area contributed by atoms with Crippen LogP contribution in [-0.2, 0) is 9.68 Å². The standard InChI is InChI=1S/C10H18N4O4S2/c15-9(17-13-5-1-2-6-13)11-19-20-12-10(16)18-14-7-3-4-8-14/h1-8H2,(H,11,15)(H,12,16). The van der Waals surface area contributed by atoms with Crippen molar-refractivity contribution in [2.45, 2.75) is 25.7 Å². The average Bonchev–Trinajstić information content (AvgIpc) is 3.08. The zero-order chi connectivity index (χ0) is 14.2. The molecule has 10 heteroatoms. The highest BCUT2D eigenvalue weighted by Gasteiger charge is 2.18. The molecule has 114 valence electrons. The minimum Gasteiger partial charge on any atom is -0.350 e. The van der Waals surface area contributed by atoms with E-state index in [0.717, 1.165) is 73.8 Å². The Morgan fingerprint density at radius 2 is 1.10 bits per heavy atom. The van der Waals surface area contributed by atoms with Crippen LogP contribution in [0.25, 0.3) is 0 Å². The minimum atomic E-state index is -0.542. The van der Waals surface area contributed by atoms with Gasteiger partial charge in [-0.15, -0.1) is 10.1 Å². The Labute approximate surface area is 125 Å². The van der Waals surface area contributed by atoms with Crippen LogP contribution < -0.4 is 9.44 Å². The first-order valence-electron chi connectivity index (χ1n) is 6.52. The van der Waals surface area contributed by atoms with Crippen molar-refractivity contribution in [3.63, 3.8) is 0 Å². The number of carbonyl (C=O) groups excluding carboxylic acids is 2. The Hall–Kier alpha value is -0.840. The van der Waals surface area contributed by atoms with Gasteiger partial charge in [-0.3, -0.25) is 9.44 Å². The summed E-state index contributed by atoms with van der Waals surface area (Å²) in [6.07, 6.45) is 3.08. The van der Waals surface area contributed by atoms with Crippen molar-refractivity contribution in [3.05, 3.63) is 0 Å². The van der Waals surface area contributed by atoms with Crippen molar-refractivity contribution >= 4 is 34.1 Å². The zero-order valence-corrected chi connectivity index (χ0v) is 12.6. The van der Waals surface area contributed by atoms with Gasteiger partial charge in [-0.05, 0) is 25.7 Å². The van der Waals surface area contributed by atoms with Gasteiger partial charge < -0.3 is 9.68 Å². The van der Waals surface area contributed by atoms with E-state index in [1.807, 2.05) is 0 Å². The van der Waals surface area contributed by atoms with Gasteiger partial charge in [0, 0.05) is 48.1 Å². The molecule has 0 spiro atoms. The number of rotatable bonds is 5. The third kappa shape index (κ3) is 5.65. The first-order chi connectivity index (χ1) is 9.74. The summed E-state index contributed by atoms with van der Waals surface area (Å²) in [5, 5.41) is 3.24. The Kier molecular flexibility index (Phi) is 6.57. The molecule has 0 radical (unpaired) electrons. The van der Waals surface area contributed by atoms with Crippen LogP contribution in [-0.4, -0.2) is 48.5 Å². The number of nitrogens with zero attached hydrogens (tertiary/aromatic N) is 2. The number of amides is 2. The first-order valence-corrected chi connectivity index (χ1v) is 8.67. The van der Waals surface area contributed by atoms with Crippen LogP contribution in [0.5, 0.6) is 0 Å². The number of hydrogen-bond donors (Lipinski definition) is 2. The quantitative estimate of drug-likeness (QED) is 0.449. The fraction of sp³-hybridized carbons (Fsp3) is 0.800. The van der Waals surface area contributed by atoms with Gasteiger partial charge in [0.1, 0.15) is 0 Å². The molecule has 0 saturated carbocycles. The Morgan fingerprint density at radius 3 is 1.45 bits per heavy atom. The van der Waals surface area contributed by atoms with Crippen LogP contribution in [0.3, 0.4) is 0 Å². The fourth-order valence-electron chi connectivity index (χ4n) is 1.94. The van der Waals surface area contributed by atoms with E-state index in [2.05, 4.69) is 9.44 Å². The van der Waals surface area contributed by atoms with E-state index in [0.29, 0.717) is 0 Å². The minimum absolute atomic E-state index is 0.542. The maximum absolute atomic E-state index is 11.4. The Balaban J connectivity index is 1.47. The molecule has 2 aliphatic rings. The van der Waals surface area contributed by atoms with E-state index in [1.165, 1.54) is 0 Å². The van der Waals surface area contributed by atoms with Gasteiger partial charge in [-0.1, -0.05) is 0 Å². The molecule has 2 rings (SSSR count). The highest BCUT2D eigenvalue weighted by molar-refractivity contribution is 8.75. The summed E-state index contributed by atoms with van der Waals surface area (Å²) in [7, 11) is 1.93. The molecule has 0 unspecified atom stereocenters. The Bertz CT molecular complexity index is 303. The van der Waals surface area contributed by atoms with Gasteiger partial charge >= 0.3 is 12.2 Å². The summed E-state index contributed by atoms with van der Waals surface area (Å²) in [5.74, 6) is 0. The second-order valence-electron chi connectivity index (χ2n) is 4.40. The number of hydroxylamine groups is 4.